The summed E-state index contributed by atoms with van der Waals surface area (Å²) in [5, 5.41) is 0. The molecule has 1 fully saturated rings. The van der Waals surface area contributed by atoms with Crippen molar-refractivity contribution in [2.24, 2.45) is 5.92 Å². The summed E-state index contributed by atoms with van der Waals surface area (Å²) in [6, 6.07) is 5.78. The second-order valence-corrected chi connectivity index (χ2v) is 4.75. The summed E-state index contributed by atoms with van der Waals surface area (Å²) < 4.78 is 5.31. The third-order valence-corrected chi connectivity index (χ3v) is 3.08. The fourth-order valence-electron chi connectivity index (χ4n) is 1.92. The second kappa shape index (κ2) is 4.28. The van der Waals surface area contributed by atoms with Crippen LogP contribution in [0.2, 0.25) is 0 Å². The van der Waals surface area contributed by atoms with Crippen molar-refractivity contribution in [1.29, 1.82) is 0 Å². The van der Waals surface area contributed by atoms with Crippen molar-refractivity contribution in [2.75, 3.05) is 7.11 Å². The fourth-order valence-corrected chi connectivity index (χ4v) is 1.92. The first kappa shape index (κ1) is 11.2. The topological polar surface area (TPSA) is 26.3 Å². The van der Waals surface area contributed by atoms with E-state index in [1.54, 1.807) is 7.11 Å². The Labute approximate surface area is 96.6 Å². The Morgan fingerprint density at radius 1 is 1.38 bits per heavy atom. The van der Waals surface area contributed by atoms with Gasteiger partial charge in [-0.1, -0.05) is 13.8 Å². The van der Waals surface area contributed by atoms with Crippen LogP contribution in [0.4, 0.5) is 0 Å². The van der Waals surface area contributed by atoms with E-state index in [9.17, 15) is 4.79 Å². The highest BCUT2D eigenvalue weighted by Crippen LogP contribution is 2.34. The molecule has 2 heteroatoms. The minimum Gasteiger partial charge on any atom is -0.496 e. The molecule has 16 heavy (non-hydrogen) atoms. The van der Waals surface area contributed by atoms with Crippen molar-refractivity contribution in [3.05, 3.63) is 29.3 Å². The number of methoxy groups -OCH3 is 1. The van der Waals surface area contributed by atoms with Crippen molar-refractivity contribution in [2.45, 2.75) is 32.6 Å². The molecule has 0 unspecified atom stereocenters. The Hall–Kier alpha value is -1.31. The molecule has 0 atom stereocenters. The predicted molar refractivity (Wildman–Crippen MR) is 64.1 cm³/mol. The fraction of sp³-hybridized carbons (Fsp3) is 0.500. The van der Waals surface area contributed by atoms with E-state index in [2.05, 4.69) is 13.8 Å². The molecule has 1 aromatic rings. The summed E-state index contributed by atoms with van der Waals surface area (Å²) in [6.07, 6.45) is 2.11. The molecule has 2 rings (SSSR count). The van der Waals surface area contributed by atoms with Crippen LogP contribution in [0.5, 0.6) is 5.75 Å². The molecule has 0 aromatic heterocycles. The Kier molecular flexibility index (Phi) is 2.99. The molecular formula is C14H18O2. The minimum atomic E-state index is 0.286. The number of ether oxygens (including phenoxy) is 1. The van der Waals surface area contributed by atoms with Gasteiger partial charge in [0.05, 0.1) is 7.11 Å². The standard InChI is InChI=1S/C14H18O2/c1-9(2)12-8-11(6-7-13(12)16-3)14(15)10-4-5-10/h6-10H,4-5H2,1-3H3. The Morgan fingerprint density at radius 2 is 2.06 bits per heavy atom. The monoisotopic (exact) mass is 218 g/mol. The van der Waals surface area contributed by atoms with Gasteiger partial charge in [-0.05, 0) is 42.5 Å². The molecule has 0 N–H and O–H groups in total. The van der Waals surface area contributed by atoms with E-state index in [-0.39, 0.29) is 5.92 Å². The van der Waals surface area contributed by atoms with Crippen molar-refractivity contribution in [1.82, 2.24) is 0 Å². The maximum Gasteiger partial charge on any atom is 0.165 e. The van der Waals surface area contributed by atoms with E-state index in [1.165, 1.54) is 0 Å². The number of ketones is 1. The van der Waals surface area contributed by atoms with Gasteiger partial charge in [-0.3, -0.25) is 4.79 Å². The quantitative estimate of drug-likeness (QED) is 0.724. The van der Waals surface area contributed by atoms with Crippen LogP contribution >= 0.6 is 0 Å². The van der Waals surface area contributed by atoms with Crippen LogP contribution in [-0.2, 0) is 0 Å². The zero-order valence-corrected chi connectivity index (χ0v) is 10.1. The number of carbonyl (C=O) groups is 1. The van der Waals surface area contributed by atoms with Gasteiger partial charge in [0.2, 0.25) is 0 Å². The summed E-state index contributed by atoms with van der Waals surface area (Å²) in [7, 11) is 1.67. The molecule has 0 bridgehead atoms. The van der Waals surface area contributed by atoms with E-state index in [0.29, 0.717) is 11.7 Å². The second-order valence-electron chi connectivity index (χ2n) is 4.75. The average Bonchev–Trinajstić information content (AvgIpc) is 3.11. The molecular weight excluding hydrogens is 200 g/mol. The largest absolute Gasteiger partial charge is 0.496 e. The molecule has 0 spiro atoms. The van der Waals surface area contributed by atoms with Gasteiger partial charge in [-0.15, -0.1) is 0 Å². The van der Waals surface area contributed by atoms with Crippen LogP contribution in [-0.4, -0.2) is 12.9 Å². The zero-order chi connectivity index (χ0) is 11.7. The summed E-state index contributed by atoms with van der Waals surface area (Å²) in [4.78, 5) is 11.9. The van der Waals surface area contributed by atoms with Crippen LogP contribution < -0.4 is 4.74 Å². The minimum absolute atomic E-state index is 0.286. The Balaban J connectivity index is 2.34. The molecule has 0 heterocycles. The van der Waals surface area contributed by atoms with Gasteiger partial charge in [0, 0.05) is 11.5 Å². The van der Waals surface area contributed by atoms with Crippen LogP contribution in [0.15, 0.2) is 18.2 Å². The number of carbonyl (C=O) groups excluding carboxylic acids is 1. The predicted octanol–water partition coefficient (Wildman–Crippen LogP) is 3.41. The Morgan fingerprint density at radius 3 is 2.56 bits per heavy atom. The molecule has 0 radical (unpaired) electrons. The first-order valence-electron chi connectivity index (χ1n) is 5.85. The normalized spacial score (nSPS) is 15.2. The zero-order valence-electron chi connectivity index (χ0n) is 10.1. The summed E-state index contributed by atoms with van der Waals surface area (Å²) in [5.41, 5.74) is 1.96. The van der Waals surface area contributed by atoms with Crippen LogP contribution in [0, 0.1) is 5.92 Å². The maximum absolute atomic E-state index is 11.9. The van der Waals surface area contributed by atoms with E-state index in [0.717, 1.165) is 29.7 Å². The number of benzene rings is 1. The van der Waals surface area contributed by atoms with E-state index in [4.69, 9.17) is 4.74 Å². The Bertz CT molecular complexity index is 403. The first-order valence-corrected chi connectivity index (χ1v) is 5.85. The highest BCUT2D eigenvalue weighted by atomic mass is 16.5. The summed E-state index contributed by atoms with van der Waals surface area (Å²) in [6.45, 7) is 4.23. The molecule has 0 amide bonds. The molecule has 0 saturated heterocycles. The van der Waals surface area contributed by atoms with Crippen molar-refractivity contribution in [3.63, 3.8) is 0 Å². The van der Waals surface area contributed by atoms with Gasteiger partial charge in [-0.2, -0.15) is 0 Å². The van der Waals surface area contributed by atoms with Gasteiger partial charge in [-0.25, -0.2) is 0 Å². The number of hydrogen-bond donors (Lipinski definition) is 0. The highest BCUT2D eigenvalue weighted by Gasteiger charge is 2.30. The average molecular weight is 218 g/mol. The van der Waals surface area contributed by atoms with E-state index < -0.39 is 0 Å². The van der Waals surface area contributed by atoms with Crippen molar-refractivity contribution >= 4 is 5.78 Å². The third kappa shape index (κ3) is 2.11. The summed E-state index contributed by atoms with van der Waals surface area (Å²) >= 11 is 0. The lowest BCUT2D eigenvalue weighted by Crippen LogP contribution is -2.03. The van der Waals surface area contributed by atoms with E-state index in [1.807, 2.05) is 18.2 Å². The molecule has 1 aliphatic carbocycles. The number of rotatable bonds is 4. The van der Waals surface area contributed by atoms with Gasteiger partial charge < -0.3 is 4.74 Å². The van der Waals surface area contributed by atoms with Crippen LogP contribution in [0.3, 0.4) is 0 Å². The van der Waals surface area contributed by atoms with Crippen LogP contribution in [0.25, 0.3) is 0 Å². The first-order chi connectivity index (χ1) is 7.63. The molecule has 1 saturated carbocycles. The summed E-state index contributed by atoms with van der Waals surface area (Å²) in [5.74, 6) is 1.84. The number of Topliss-reactive ketones (excluding diaryl/α,β-unsaturated/α-hetero) is 1. The lowest BCUT2D eigenvalue weighted by atomic mass is 9.97. The van der Waals surface area contributed by atoms with Crippen molar-refractivity contribution < 1.29 is 9.53 Å². The third-order valence-electron chi connectivity index (χ3n) is 3.08. The van der Waals surface area contributed by atoms with Crippen molar-refractivity contribution in [3.8, 4) is 5.75 Å². The van der Waals surface area contributed by atoms with Crippen LogP contribution in [0.1, 0.15) is 48.5 Å². The molecule has 0 aliphatic heterocycles. The SMILES string of the molecule is COc1ccc(C(=O)C2CC2)cc1C(C)C. The van der Waals surface area contributed by atoms with Gasteiger partial charge in [0.25, 0.3) is 0 Å². The lowest BCUT2D eigenvalue weighted by Gasteiger charge is -2.13. The smallest absolute Gasteiger partial charge is 0.165 e. The lowest BCUT2D eigenvalue weighted by molar-refractivity contribution is 0.0967. The van der Waals surface area contributed by atoms with Gasteiger partial charge >= 0.3 is 0 Å². The maximum atomic E-state index is 11.9. The number of hydrogen-bond acceptors (Lipinski definition) is 2. The van der Waals surface area contributed by atoms with Gasteiger partial charge in [0.15, 0.2) is 5.78 Å². The molecule has 1 aliphatic rings. The molecule has 86 valence electrons. The molecule has 1 aromatic carbocycles. The van der Waals surface area contributed by atoms with Gasteiger partial charge in [0.1, 0.15) is 5.75 Å². The van der Waals surface area contributed by atoms with E-state index >= 15 is 0 Å². The highest BCUT2D eigenvalue weighted by molar-refractivity contribution is 5.99. The molecule has 2 nitrogen and oxygen atoms in total.